The van der Waals surface area contributed by atoms with Crippen LogP contribution in [-0.2, 0) is 17.4 Å². The van der Waals surface area contributed by atoms with E-state index in [1.54, 1.807) is 0 Å². The average Bonchev–Trinajstić information content (AvgIpc) is 3.15. The Kier molecular flexibility index (Phi) is 5.57. The van der Waals surface area contributed by atoms with Gasteiger partial charge >= 0.3 is 6.18 Å². The van der Waals surface area contributed by atoms with Gasteiger partial charge in [-0.15, -0.1) is 10.2 Å². The molecule has 0 unspecified atom stereocenters. The maximum Gasteiger partial charge on any atom is 0.416 e. The Morgan fingerprint density at radius 2 is 1.79 bits per heavy atom. The molecule has 0 saturated carbocycles. The van der Waals surface area contributed by atoms with Gasteiger partial charge in [0.2, 0.25) is 17.7 Å². The van der Waals surface area contributed by atoms with Crippen molar-refractivity contribution in [2.75, 3.05) is 5.32 Å². The molecular weight excluding hydrogens is 404 g/mol. The molecule has 0 bridgehead atoms. The van der Waals surface area contributed by atoms with Crippen molar-refractivity contribution in [2.45, 2.75) is 19.0 Å². The molecular formula is C18H11F6N3O2. The van der Waals surface area contributed by atoms with Crippen LogP contribution >= 0.6 is 0 Å². The van der Waals surface area contributed by atoms with Gasteiger partial charge in [0.05, 0.1) is 11.3 Å². The second-order valence-corrected chi connectivity index (χ2v) is 5.85. The van der Waals surface area contributed by atoms with Gasteiger partial charge in [0, 0.05) is 18.4 Å². The van der Waals surface area contributed by atoms with Crippen molar-refractivity contribution < 1.29 is 35.6 Å². The highest BCUT2D eigenvalue weighted by Crippen LogP contribution is 2.31. The van der Waals surface area contributed by atoms with E-state index in [0.717, 1.165) is 18.2 Å². The van der Waals surface area contributed by atoms with Crippen molar-refractivity contribution in [3.05, 3.63) is 65.3 Å². The lowest BCUT2D eigenvalue weighted by molar-refractivity contribution is -0.137. The van der Waals surface area contributed by atoms with Crippen LogP contribution in [0.2, 0.25) is 0 Å². The van der Waals surface area contributed by atoms with Gasteiger partial charge < -0.3 is 9.73 Å². The zero-order valence-electron chi connectivity index (χ0n) is 14.4. The zero-order valence-corrected chi connectivity index (χ0v) is 14.4. The van der Waals surface area contributed by atoms with Crippen LogP contribution in [0, 0.1) is 17.5 Å². The fourth-order valence-corrected chi connectivity index (χ4v) is 2.36. The highest BCUT2D eigenvalue weighted by atomic mass is 19.4. The van der Waals surface area contributed by atoms with E-state index in [0.29, 0.717) is 6.07 Å². The van der Waals surface area contributed by atoms with Gasteiger partial charge in [-0.1, -0.05) is 6.07 Å². The number of rotatable bonds is 5. The number of nitrogens with zero attached hydrogens (tertiary/aromatic N) is 2. The molecule has 0 aliphatic heterocycles. The van der Waals surface area contributed by atoms with Crippen LogP contribution in [0.5, 0.6) is 0 Å². The highest BCUT2D eigenvalue weighted by molar-refractivity contribution is 5.90. The minimum absolute atomic E-state index is 0.0432. The Labute approximate surface area is 159 Å². The maximum atomic E-state index is 13.5. The lowest BCUT2D eigenvalue weighted by Gasteiger charge is -2.07. The van der Waals surface area contributed by atoms with Crippen LogP contribution in [0.3, 0.4) is 0 Å². The molecule has 0 radical (unpaired) electrons. The number of anilines is 1. The van der Waals surface area contributed by atoms with Crippen molar-refractivity contribution in [3.8, 4) is 11.5 Å². The number of halogens is 6. The number of aromatic nitrogens is 2. The summed E-state index contributed by atoms with van der Waals surface area (Å²) in [6, 6.07) is 5.80. The highest BCUT2D eigenvalue weighted by Gasteiger charge is 2.30. The second-order valence-electron chi connectivity index (χ2n) is 5.85. The van der Waals surface area contributed by atoms with Gasteiger partial charge in [-0.2, -0.15) is 13.2 Å². The van der Waals surface area contributed by atoms with Crippen LogP contribution in [0.4, 0.5) is 32.0 Å². The minimum Gasteiger partial charge on any atom is -0.421 e. The van der Waals surface area contributed by atoms with Gasteiger partial charge in [-0.3, -0.25) is 4.79 Å². The number of hydrogen-bond donors (Lipinski definition) is 1. The Morgan fingerprint density at radius 3 is 2.52 bits per heavy atom. The Hall–Kier alpha value is -3.37. The SMILES string of the molecule is O=C(CCc1nnc(-c2cccc(C(F)(F)F)c2)o1)Nc1ccc(F)c(F)c1F. The number of amides is 1. The molecule has 3 rings (SSSR count). The number of nitrogens with one attached hydrogen (secondary N) is 1. The first kappa shape index (κ1) is 20.4. The maximum absolute atomic E-state index is 13.5. The summed E-state index contributed by atoms with van der Waals surface area (Å²) in [7, 11) is 0. The number of hydrogen-bond acceptors (Lipinski definition) is 4. The Morgan fingerprint density at radius 1 is 1.03 bits per heavy atom. The summed E-state index contributed by atoms with van der Waals surface area (Å²) < 4.78 is 83.1. The monoisotopic (exact) mass is 415 g/mol. The summed E-state index contributed by atoms with van der Waals surface area (Å²) in [6.07, 6.45) is -4.92. The third kappa shape index (κ3) is 4.73. The van der Waals surface area contributed by atoms with Crippen molar-refractivity contribution in [3.63, 3.8) is 0 Å². The summed E-state index contributed by atoms with van der Waals surface area (Å²) in [5.74, 6) is -5.60. The number of carbonyl (C=O) groups is 1. The Balaban J connectivity index is 1.64. The van der Waals surface area contributed by atoms with Crippen molar-refractivity contribution >= 4 is 11.6 Å². The van der Waals surface area contributed by atoms with Crippen molar-refractivity contribution in [1.82, 2.24) is 10.2 Å². The first-order chi connectivity index (χ1) is 13.6. The molecule has 1 heterocycles. The Bertz CT molecular complexity index is 1050. The number of alkyl halides is 3. The van der Waals surface area contributed by atoms with Crippen LogP contribution < -0.4 is 5.32 Å². The lowest BCUT2D eigenvalue weighted by atomic mass is 10.1. The van der Waals surface area contributed by atoms with E-state index in [9.17, 15) is 31.1 Å². The van der Waals surface area contributed by atoms with Gasteiger partial charge in [0.15, 0.2) is 17.5 Å². The average molecular weight is 415 g/mol. The fourth-order valence-electron chi connectivity index (χ4n) is 2.36. The van der Waals surface area contributed by atoms with Crippen LogP contribution in [-0.4, -0.2) is 16.1 Å². The van der Waals surface area contributed by atoms with Gasteiger partial charge in [-0.25, -0.2) is 13.2 Å². The first-order valence-electron chi connectivity index (χ1n) is 8.08. The van der Waals surface area contributed by atoms with Crippen LogP contribution in [0.25, 0.3) is 11.5 Å². The molecule has 0 fully saturated rings. The molecule has 3 aromatic rings. The molecule has 152 valence electrons. The van der Waals surface area contributed by atoms with Gasteiger partial charge in [0.25, 0.3) is 0 Å². The number of aryl methyl sites for hydroxylation is 1. The second kappa shape index (κ2) is 7.94. The minimum atomic E-state index is -4.54. The third-order valence-corrected chi connectivity index (χ3v) is 3.78. The smallest absolute Gasteiger partial charge is 0.416 e. The van der Waals surface area contributed by atoms with Crippen LogP contribution in [0.15, 0.2) is 40.8 Å². The molecule has 0 aliphatic carbocycles. The first-order valence-corrected chi connectivity index (χ1v) is 8.08. The molecule has 11 heteroatoms. The molecule has 0 spiro atoms. The molecule has 0 saturated heterocycles. The molecule has 1 N–H and O–H groups in total. The van der Waals surface area contributed by atoms with E-state index in [1.807, 2.05) is 0 Å². The van der Waals surface area contributed by atoms with Crippen LogP contribution in [0.1, 0.15) is 17.9 Å². The van der Waals surface area contributed by atoms with E-state index in [-0.39, 0.29) is 30.2 Å². The molecule has 2 aromatic carbocycles. The summed E-state index contributed by atoms with van der Waals surface area (Å²) in [5.41, 5.74) is -1.38. The predicted molar refractivity (Wildman–Crippen MR) is 88.0 cm³/mol. The molecule has 0 aliphatic rings. The lowest BCUT2D eigenvalue weighted by Crippen LogP contribution is -2.14. The zero-order chi connectivity index (χ0) is 21.2. The summed E-state index contributed by atoms with van der Waals surface area (Å²) in [6.45, 7) is 0. The van der Waals surface area contributed by atoms with Crippen molar-refractivity contribution in [2.24, 2.45) is 0 Å². The molecule has 1 amide bonds. The van der Waals surface area contributed by atoms with Crippen molar-refractivity contribution in [1.29, 1.82) is 0 Å². The molecule has 1 aromatic heterocycles. The van der Waals surface area contributed by atoms with E-state index in [2.05, 4.69) is 15.5 Å². The largest absolute Gasteiger partial charge is 0.421 e. The summed E-state index contributed by atoms with van der Waals surface area (Å²) in [5, 5.41) is 9.36. The fraction of sp³-hybridized carbons (Fsp3) is 0.167. The van der Waals surface area contributed by atoms with Gasteiger partial charge in [-0.05, 0) is 30.3 Å². The van der Waals surface area contributed by atoms with E-state index in [4.69, 9.17) is 4.42 Å². The number of carbonyl (C=O) groups excluding carboxylic acids is 1. The third-order valence-electron chi connectivity index (χ3n) is 3.78. The van der Waals surface area contributed by atoms with E-state index in [1.165, 1.54) is 12.1 Å². The van der Waals surface area contributed by atoms with Gasteiger partial charge in [0.1, 0.15) is 0 Å². The normalized spacial score (nSPS) is 11.5. The number of benzene rings is 2. The van der Waals surface area contributed by atoms with E-state index < -0.39 is 40.8 Å². The van der Waals surface area contributed by atoms with E-state index >= 15 is 0 Å². The molecule has 5 nitrogen and oxygen atoms in total. The topological polar surface area (TPSA) is 68.0 Å². The predicted octanol–water partition coefficient (Wildman–Crippen LogP) is 4.74. The standard InChI is InChI=1S/C18H11F6N3O2/c19-11-4-5-12(16(21)15(11)20)25-13(28)6-7-14-26-27-17(29-14)9-2-1-3-10(8-9)18(22,23)24/h1-5,8H,6-7H2,(H,25,28). The quantitative estimate of drug-likeness (QED) is 0.483. The molecule has 29 heavy (non-hydrogen) atoms. The summed E-state index contributed by atoms with van der Waals surface area (Å²) in [4.78, 5) is 11.9. The molecule has 0 atom stereocenters. The summed E-state index contributed by atoms with van der Waals surface area (Å²) >= 11 is 0.